The topological polar surface area (TPSA) is 44.4 Å². The molecule has 0 radical (unpaired) electrons. The molecule has 1 aliphatic rings. The zero-order chi connectivity index (χ0) is 14.4. The van der Waals surface area contributed by atoms with Gasteiger partial charge in [0.05, 0.1) is 0 Å². The molecule has 1 atom stereocenters. The Labute approximate surface area is 121 Å². The van der Waals surface area contributed by atoms with E-state index in [2.05, 4.69) is 28.6 Å². The van der Waals surface area contributed by atoms with Crippen LogP contribution in [0.5, 0.6) is 0 Å². The van der Waals surface area contributed by atoms with E-state index in [0.29, 0.717) is 0 Å². The van der Waals surface area contributed by atoms with E-state index in [1.165, 1.54) is 25.9 Å². The summed E-state index contributed by atoms with van der Waals surface area (Å²) >= 11 is 0. The van der Waals surface area contributed by atoms with Gasteiger partial charge in [0.25, 0.3) is 0 Å². The lowest BCUT2D eigenvalue weighted by Gasteiger charge is -2.29. The second kappa shape index (κ2) is 7.41. The number of piperidine rings is 1. The Morgan fingerprint density at radius 3 is 2.95 bits per heavy atom. The Balaban J connectivity index is 1.83. The number of nitrogens with one attached hydrogen (secondary N) is 2. The first-order chi connectivity index (χ1) is 9.65. The highest BCUT2D eigenvalue weighted by molar-refractivity contribution is 5.89. The van der Waals surface area contributed by atoms with Crippen LogP contribution in [0.1, 0.15) is 25.3 Å². The molecule has 4 heteroatoms. The van der Waals surface area contributed by atoms with Gasteiger partial charge in [-0.2, -0.15) is 0 Å². The highest BCUT2D eigenvalue weighted by Crippen LogP contribution is 2.16. The smallest absolute Gasteiger partial charge is 0.221 e. The quantitative estimate of drug-likeness (QED) is 0.864. The van der Waals surface area contributed by atoms with Gasteiger partial charge in [0.1, 0.15) is 0 Å². The molecule has 0 bridgehead atoms. The Kier molecular flexibility index (Phi) is 5.56. The molecule has 1 fully saturated rings. The minimum atomic E-state index is -0.0219. The molecule has 110 valence electrons. The Hall–Kier alpha value is -1.39. The minimum Gasteiger partial charge on any atom is -0.326 e. The van der Waals surface area contributed by atoms with Crippen LogP contribution in [-0.4, -0.2) is 37.5 Å². The highest BCUT2D eigenvalue weighted by atomic mass is 16.1. The molecule has 20 heavy (non-hydrogen) atoms. The number of likely N-dealkylation sites (tertiary alicyclic amines) is 1. The number of benzene rings is 1. The van der Waals surface area contributed by atoms with Crippen LogP contribution in [-0.2, 0) is 11.3 Å². The van der Waals surface area contributed by atoms with Crippen LogP contribution in [0.4, 0.5) is 5.69 Å². The van der Waals surface area contributed by atoms with Crippen molar-refractivity contribution in [2.45, 2.75) is 26.3 Å². The number of rotatable bonds is 5. The average molecular weight is 275 g/mol. The molecular formula is C16H25N3O. The molecular weight excluding hydrogens is 250 g/mol. The molecule has 0 spiro atoms. The van der Waals surface area contributed by atoms with Crippen molar-refractivity contribution >= 4 is 11.6 Å². The van der Waals surface area contributed by atoms with Crippen molar-refractivity contribution in [2.24, 2.45) is 5.92 Å². The SMILES string of the molecule is CC(=O)Nc1ccccc1CNCC1CCCN(C)C1. The van der Waals surface area contributed by atoms with Gasteiger partial charge in [0.15, 0.2) is 0 Å². The molecule has 0 aliphatic carbocycles. The molecule has 2 N–H and O–H groups in total. The van der Waals surface area contributed by atoms with Crippen LogP contribution in [0.3, 0.4) is 0 Å². The van der Waals surface area contributed by atoms with Crippen LogP contribution in [0.15, 0.2) is 24.3 Å². The van der Waals surface area contributed by atoms with Crippen molar-refractivity contribution in [2.75, 3.05) is 32.0 Å². The van der Waals surface area contributed by atoms with Gasteiger partial charge in [-0.1, -0.05) is 18.2 Å². The molecule has 0 aromatic heterocycles. The van der Waals surface area contributed by atoms with Crippen LogP contribution in [0.2, 0.25) is 0 Å². The molecule has 1 amide bonds. The van der Waals surface area contributed by atoms with Gasteiger partial charge >= 0.3 is 0 Å². The maximum atomic E-state index is 11.2. The van der Waals surface area contributed by atoms with Crippen molar-refractivity contribution in [1.29, 1.82) is 0 Å². The molecule has 2 rings (SSSR count). The lowest BCUT2D eigenvalue weighted by molar-refractivity contribution is -0.114. The first-order valence-corrected chi connectivity index (χ1v) is 7.40. The third-order valence-electron chi connectivity index (χ3n) is 3.80. The van der Waals surface area contributed by atoms with Crippen molar-refractivity contribution in [3.8, 4) is 0 Å². The second-order valence-electron chi connectivity index (χ2n) is 5.74. The van der Waals surface area contributed by atoms with Gasteiger partial charge in [-0.3, -0.25) is 4.79 Å². The molecule has 1 aromatic carbocycles. The number of para-hydroxylation sites is 1. The van der Waals surface area contributed by atoms with Gasteiger partial charge < -0.3 is 15.5 Å². The summed E-state index contributed by atoms with van der Waals surface area (Å²) in [5.41, 5.74) is 2.06. The Bertz CT molecular complexity index is 447. The number of carbonyl (C=O) groups excluding carboxylic acids is 1. The van der Waals surface area contributed by atoms with E-state index in [-0.39, 0.29) is 5.91 Å². The van der Waals surface area contributed by atoms with Gasteiger partial charge in [-0.15, -0.1) is 0 Å². The summed E-state index contributed by atoms with van der Waals surface area (Å²) in [5, 5.41) is 6.41. The van der Waals surface area contributed by atoms with Gasteiger partial charge in [0.2, 0.25) is 5.91 Å². The van der Waals surface area contributed by atoms with E-state index in [1.54, 1.807) is 6.92 Å². The van der Waals surface area contributed by atoms with E-state index < -0.39 is 0 Å². The van der Waals surface area contributed by atoms with Crippen LogP contribution in [0.25, 0.3) is 0 Å². The summed E-state index contributed by atoms with van der Waals surface area (Å²) in [6, 6.07) is 7.97. The number of anilines is 1. The number of hydrogen-bond acceptors (Lipinski definition) is 3. The normalized spacial score (nSPS) is 19.8. The van der Waals surface area contributed by atoms with Crippen LogP contribution >= 0.6 is 0 Å². The molecule has 1 heterocycles. The predicted molar refractivity (Wildman–Crippen MR) is 82.7 cm³/mol. The summed E-state index contributed by atoms with van der Waals surface area (Å²) in [6.45, 7) is 5.79. The van der Waals surface area contributed by atoms with Crippen molar-refractivity contribution < 1.29 is 4.79 Å². The van der Waals surface area contributed by atoms with E-state index in [4.69, 9.17) is 0 Å². The Morgan fingerprint density at radius 2 is 2.20 bits per heavy atom. The van der Waals surface area contributed by atoms with Gasteiger partial charge in [-0.25, -0.2) is 0 Å². The second-order valence-corrected chi connectivity index (χ2v) is 5.74. The standard InChI is InChI=1S/C16H25N3O/c1-13(20)18-16-8-4-3-7-15(16)11-17-10-14-6-5-9-19(2)12-14/h3-4,7-8,14,17H,5-6,9-12H2,1-2H3,(H,18,20). The van der Waals surface area contributed by atoms with Crippen molar-refractivity contribution in [3.63, 3.8) is 0 Å². The number of nitrogens with zero attached hydrogens (tertiary/aromatic N) is 1. The average Bonchev–Trinajstić information content (AvgIpc) is 2.40. The molecule has 1 aromatic rings. The summed E-state index contributed by atoms with van der Waals surface area (Å²) in [6.07, 6.45) is 2.61. The number of hydrogen-bond donors (Lipinski definition) is 2. The predicted octanol–water partition coefficient (Wildman–Crippen LogP) is 2.08. The summed E-state index contributed by atoms with van der Waals surface area (Å²) in [5.74, 6) is 0.716. The lowest BCUT2D eigenvalue weighted by atomic mass is 9.98. The Morgan fingerprint density at radius 1 is 1.40 bits per heavy atom. The van der Waals surface area contributed by atoms with E-state index in [9.17, 15) is 4.79 Å². The van der Waals surface area contributed by atoms with Gasteiger partial charge in [0, 0.05) is 25.7 Å². The monoisotopic (exact) mass is 275 g/mol. The number of amides is 1. The van der Waals surface area contributed by atoms with E-state index in [1.807, 2.05) is 18.2 Å². The van der Waals surface area contributed by atoms with Crippen LogP contribution < -0.4 is 10.6 Å². The van der Waals surface area contributed by atoms with E-state index in [0.717, 1.165) is 30.3 Å². The molecule has 1 unspecified atom stereocenters. The molecule has 4 nitrogen and oxygen atoms in total. The van der Waals surface area contributed by atoms with Gasteiger partial charge in [-0.05, 0) is 50.5 Å². The first-order valence-electron chi connectivity index (χ1n) is 7.40. The largest absolute Gasteiger partial charge is 0.326 e. The highest BCUT2D eigenvalue weighted by Gasteiger charge is 2.16. The molecule has 0 saturated carbocycles. The summed E-state index contributed by atoms with van der Waals surface area (Å²) in [7, 11) is 2.19. The van der Waals surface area contributed by atoms with Crippen molar-refractivity contribution in [3.05, 3.63) is 29.8 Å². The van der Waals surface area contributed by atoms with Crippen molar-refractivity contribution in [1.82, 2.24) is 10.2 Å². The first kappa shape index (κ1) is 15.0. The van der Waals surface area contributed by atoms with Crippen LogP contribution in [0, 0.1) is 5.92 Å². The minimum absolute atomic E-state index is 0.0219. The third-order valence-corrected chi connectivity index (χ3v) is 3.80. The fourth-order valence-electron chi connectivity index (χ4n) is 2.84. The summed E-state index contributed by atoms with van der Waals surface area (Å²) < 4.78 is 0. The maximum Gasteiger partial charge on any atom is 0.221 e. The third kappa shape index (κ3) is 4.62. The fourth-order valence-corrected chi connectivity index (χ4v) is 2.84. The molecule has 1 saturated heterocycles. The summed E-state index contributed by atoms with van der Waals surface area (Å²) in [4.78, 5) is 13.6. The van der Waals surface area contributed by atoms with E-state index >= 15 is 0 Å². The zero-order valence-electron chi connectivity index (χ0n) is 12.5. The number of carbonyl (C=O) groups is 1. The fraction of sp³-hybridized carbons (Fsp3) is 0.562. The maximum absolute atomic E-state index is 11.2. The lowest BCUT2D eigenvalue weighted by Crippen LogP contribution is -2.37. The zero-order valence-corrected chi connectivity index (χ0v) is 12.5. The molecule has 1 aliphatic heterocycles.